The van der Waals surface area contributed by atoms with Crippen molar-refractivity contribution in [1.29, 1.82) is 0 Å². The Labute approximate surface area is 182 Å². The molecule has 2 rings (SSSR count). The van der Waals surface area contributed by atoms with Crippen LogP contribution in [0.15, 0.2) is 42.7 Å². The van der Waals surface area contributed by atoms with E-state index in [1.807, 2.05) is 31.2 Å². The van der Waals surface area contributed by atoms with Gasteiger partial charge in [0.2, 0.25) is 11.8 Å². The average Bonchev–Trinajstić information content (AvgIpc) is 2.70. The second kappa shape index (κ2) is 13.6. The van der Waals surface area contributed by atoms with E-state index in [1.54, 1.807) is 25.6 Å². The van der Waals surface area contributed by atoms with Gasteiger partial charge in [-0.15, -0.1) is 24.8 Å². The summed E-state index contributed by atoms with van der Waals surface area (Å²) in [4.78, 5) is 27.0. The topological polar surface area (TPSA) is 116 Å². The zero-order chi connectivity index (χ0) is 19.6. The molecule has 0 aliphatic carbocycles. The number of carbonyl (C=O) groups excluding carboxylic acids is 2. The van der Waals surface area contributed by atoms with Gasteiger partial charge in [-0.2, -0.15) is 0 Å². The van der Waals surface area contributed by atoms with Crippen LogP contribution in [0.3, 0.4) is 0 Å². The average molecular weight is 445 g/mol. The summed E-state index contributed by atoms with van der Waals surface area (Å²) < 4.78 is 11.2. The van der Waals surface area contributed by atoms with E-state index in [4.69, 9.17) is 15.2 Å². The zero-order valence-corrected chi connectivity index (χ0v) is 17.8. The maximum atomic E-state index is 11.9. The van der Waals surface area contributed by atoms with Gasteiger partial charge >= 0.3 is 0 Å². The lowest BCUT2D eigenvalue weighted by Gasteiger charge is -2.17. The Hall–Kier alpha value is -2.55. The third-order valence-corrected chi connectivity index (χ3v) is 3.84. The number of nitrogens with two attached hydrogens (primary N) is 1. The van der Waals surface area contributed by atoms with Gasteiger partial charge in [-0.1, -0.05) is 6.07 Å². The van der Waals surface area contributed by atoms with Crippen LogP contribution >= 0.6 is 24.8 Å². The Balaban J connectivity index is 0.00000392. The van der Waals surface area contributed by atoms with Crippen molar-refractivity contribution in [2.24, 2.45) is 5.73 Å². The second-order valence-corrected chi connectivity index (χ2v) is 5.82. The van der Waals surface area contributed by atoms with Crippen LogP contribution in [0.25, 0.3) is 0 Å². The van der Waals surface area contributed by atoms with E-state index in [0.717, 1.165) is 11.1 Å². The Morgan fingerprint density at radius 2 is 1.79 bits per heavy atom. The molecule has 0 saturated heterocycles. The number of nitrogens with one attached hydrogen (secondary N) is 2. The number of nitrogens with zero attached hydrogens (tertiary/aromatic N) is 1. The molecule has 0 saturated carbocycles. The smallest absolute Gasteiger partial charge is 0.239 e. The van der Waals surface area contributed by atoms with Crippen LogP contribution in [0.1, 0.15) is 24.1 Å². The third-order valence-electron chi connectivity index (χ3n) is 3.84. The Kier molecular flexibility index (Phi) is 12.4. The SMILES string of the molecule is COc1cc(C(C)NC(=O)CNC(=O)CN)ccc1OCc1ccncc1.Cl.Cl. The lowest BCUT2D eigenvalue weighted by molar-refractivity contribution is -0.125. The highest BCUT2D eigenvalue weighted by molar-refractivity contribution is 5.86. The first-order chi connectivity index (χ1) is 13.0. The van der Waals surface area contributed by atoms with Gasteiger partial charge in [0.15, 0.2) is 11.5 Å². The van der Waals surface area contributed by atoms with Gasteiger partial charge in [-0.3, -0.25) is 14.6 Å². The number of ether oxygens (including phenoxy) is 2. The monoisotopic (exact) mass is 444 g/mol. The molecule has 2 aromatic rings. The second-order valence-electron chi connectivity index (χ2n) is 5.82. The predicted octanol–water partition coefficient (Wildman–Crippen LogP) is 1.76. The molecule has 10 heteroatoms. The Morgan fingerprint density at radius 3 is 2.41 bits per heavy atom. The summed E-state index contributed by atoms with van der Waals surface area (Å²) in [6, 6.07) is 8.95. The van der Waals surface area contributed by atoms with Crippen molar-refractivity contribution in [2.45, 2.75) is 19.6 Å². The van der Waals surface area contributed by atoms with Crippen LogP contribution in [0.5, 0.6) is 11.5 Å². The fourth-order valence-corrected chi connectivity index (χ4v) is 2.34. The molecule has 160 valence electrons. The summed E-state index contributed by atoms with van der Waals surface area (Å²) in [7, 11) is 1.56. The summed E-state index contributed by atoms with van der Waals surface area (Å²) in [5.41, 5.74) is 7.03. The number of benzene rings is 1. The normalized spacial score (nSPS) is 10.6. The van der Waals surface area contributed by atoms with E-state index >= 15 is 0 Å². The van der Waals surface area contributed by atoms with Gasteiger partial charge < -0.3 is 25.8 Å². The van der Waals surface area contributed by atoms with Crippen molar-refractivity contribution in [2.75, 3.05) is 20.2 Å². The Bertz CT molecular complexity index is 778. The maximum absolute atomic E-state index is 11.9. The summed E-state index contributed by atoms with van der Waals surface area (Å²) in [6.07, 6.45) is 3.42. The van der Waals surface area contributed by atoms with Gasteiger partial charge in [0, 0.05) is 12.4 Å². The first-order valence-corrected chi connectivity index (χ1v) is 8.49. The van der Waals surface area contributed by atoms with Gasteiger partial charge in [0.05, 0.1) is 26.2 Å². The number of aromatic nitrogens is 1. The molecule has 0 spiro atoms. The minimum absolute atomic E-state index is 0. The number of amides is 2. The maximum Gasteiger partial charge on any atom is 0.239 e. The third kappa shape index (κ3) is 8.55. The fourth-order valence-electron chi connectivity index (χ4n) is 2.34. The molecule has 1 aromatic carbocycles. The predicted molar refractivity (Wildman–Crippen MR) is 115 cm³/mol. The zero-order valence-electron chi connectivity index (χ0n) is 16.2. The van der Waals surface area contributed by atoms with E-state index in [-0.39, 0.29) is 55.8 Å². The quantitative estimate of drug-likeness (QED) is 0.542. The molecule has 4 N–H and O–H groups in total. The first kappa shape index (κ1) is 26.4. The highest BCUT2D eigenvalue weighted by Crippen LogP contribution is 2.30. The standard InChI is InChI=1S/C19H24N4O4.2ClH/c1-13(23-19(25)11-22-18(24)10-20)15-3-4-16(17(9-15)26-2)27-12-14-5-7-21-8-6-14;;/h3-9,13H,10-12,20H2,1-2H3,(H,22,24)(H,23,25);2*1H. The van der Waals surface area contributed by atoms with Gasteiger partial charge in [-0.25, -0.2) is 0 Å². The van der Waals surface area contributed by atoms with Crippen LogP contribution in [-0.4, -0.2) is 37.0 Å². The van der Waals surface area contributed by atoms with E-state index in [0.29, 0.717) is 18.1 Å². The van der Waals surface area contributed by atoms with E-state index in [2.05, 4.69) is 15.6 Å². The fraction of sp³-hybridized carbons (Fsp3) is 0.316. The van der Waals surface area contributed by atoms with Crippen molar-refractivity contribution in [3.63, 3.8) is 0 Å². The lowest BCUT2D eigenvalue weighted by atomic mass is 10.1. The molecule has 8 nitrogen and oxygen atoms in total. The van der Waals surface area contributed by atoms with E-state index < -0.39 is 0 Å². The molecule has 2 amide bonds. The molecule has 0 aliphatic rings. The molecule has 29 heavy (non-hydrogen) atoms. The van der Waals surface area contributed by atoms with Gasteiger partial charge in [-0.05, 0) is 42.3 Å². The molecule has 1 heterocycles. The van der Waals surface area contributed by atoms with Crippen LogP contribution in [-0.2, 0) is 16.2 Å². The van der Waals surface area contributed by atoms with Crippen LogP contribution in [0.4, 0.5) is 0 Å². The number of methoxy groups -OCH3 is 1. The molecular weight excluding hydrogens is 419 g/mol. The Morgan fingerprint density at radius 1 is 1.10 bits per heavy atom. The minimum atomic E-state index is -0.379. The number of carbonyl (C=O) groups is 2. The molecule has 0 radical (unpaired) electrons. The molecular formula is C19H26Cl2N4O4. The molecule has 1 unspecified atom stereocenters. The number of hydrogen-bond donors (Lipinski definition) is 3. The molecule has 1 atom stereocenters. The molecule has 0 fully saturated rings. The van der Waals surface area contributed by atoms with E-state index in [1.165, 1.54) is 0 Å². The number of halogens is 2. The largest absolute Gasteiger partial charge is 0.493 e. The van der Waals surface area contributed by atoms with Crippen molar-refractivity contribution in [3.8, 4) is 11.5 Å². The van der Waals surface area contributed by atoms with Crippen LogP contribution in [0.2, 0.25) is 0 Å². The summed E-state index contributed by atoms with van der Waals surface area (Å²) in [5, 5.41) is 5.23. The van der Waals surface area contributed by atoms with Crippen LogP contribution < -0.4 is 25.8 Å². The van der Waals surface area contributed by atoms with Crippen molar-refractivity contribution < 1.29 is 19.1 Å². The van der Waals surface area contributed by atoms with Gasteiger partial charge in [0.25, 0.3) is 0 Å². The first-order valence-electron chi connectivity index (χ1n) is 8.49. The molecule has 0 bridgehead atoms. The summed E-state index contributed by atoms with van der Waals surface area (Å²) in [6.45, 7) is 1.96. The number of rotatable bonds is 9. The van der Waals surface area contributed by atoms with Gasteiger partial charge in [0.1, 0.15) is 6.61 Å². The van der Waals surface area contributed by atoms with Crippen LogP contribution in [0, 0.1) is 0 Å². The highest BCUT2D eigenvalue weighted by atomic mass is 35.5. The van der Waals surface area contributed by atoms with E-state index in [9.17, 15) is 9.59 Å². The number of pyridine rings is 1. The molecule has 1 aromatic heterocycles. The van der Waals surface area contributed by atoms with Crippen molar-refractivity contribution in [1.82, 2.24) is 15.6 Å². The van der Waals surface area contributed by atoms with Crippen molar-refractivity contribution >= 4 is 36.6 Å². The minimum Gasteiger partial charge on any atom is -0.493 e. The molecule has 0 aliphatic heterocycles. The summed E-state index contributed by atoms with van der Waals surface area (Å²) >= 11 is 0. The highest BCUT2D eigenvalue weighted by Gasteiger charge is 2.13. The van der Waals surface area contributed by atoms with Crippen molar-refractivity contribution in [3.05, 3.63) is 53.9 Å². The lowest BCUT2D eigenvalue weighted by Crippen LogP contribution is -2.40. The summed E-state index contributed by atoms with van der Waals surface area (Å²) in [5.74, 6) is 0.488. The number of hydrogen-bond acceptors (Lipinski definition) is 6.